The van der Waals surface area contributed by atoms with E-state index in [1.165, 1.54) is 0 Å². The van der Waals surface area contributed by atoms with Crippen LogP contribution in [-0.2, 0) is 0 Å². The number of amides is 1. The van der Waals surface area contributed by atoms with Crippen LogP contribution in [0.1, 0.15) is 21.5 Å². The van der Waals surface area contributed by atoms with Gasteiger partial charge in [0.2, 0.25) is 0 Å². The first-order valence-electron chi connectivity index (χ1n) is 6.02. The van der Waals surface area contributed by atoms with E-state index in [1.807, 2.05) is 26.0 Å². The molecule has 0 bridgehead atoms. The van der Waals surface area contributed by atoms with Crippen LogP contribution in [0.3, 0.4) is 0 Å². The van der Waals surface area contributed by atoms with Gasteiger partial charge in [0, 0.05) is 4.47 Å². The van der Waals surface area contributed by atoms with Crippen molar-refractivity contribution < 1.29 is 13.6 Å². The fourth-order valence-electron chi connectivity index (χ4n) is 1.95. The van der Waals surface area contributed by atoms with Crippen molar-refractivity contribution in [2.45, 2.75) is 13.8 Å². The summed E-state index contributed by atoms with van der Waals surface area (Å²) in [6, 6.07) is 5.26. The van der Waals surface area contributed by atoms with Crippen molar-refractivity contribution in [2.75, 3.05) is 5.32 Å². The first-order valence-corrected chi connectivity index (χ1v) is 7.19. The van der Waals surface area contributed by atoms with E-state index in [-0.39, 0.29) is 5.02 Å². The Balaban J connectivity index is 2.37. The minimum Gasteiger partial charge on any atom is -0.321 e. The van der Waals surface area contributed by atoms with Crippen molar-refractivity contribution in [3.63, 3.8) is 0 Å². The SMILES string of the molecule is Cc1cc(C)c(NC(=O)c2cc(F)c(Cl)cc2F)c(Br)c1. The number of carbonyl (C=O) groups is 1. The van der Waals surface area contributed by atoms with Gasteiger partial charge >= 0.3 is 0 Å². The van der Waals surface area contributed by atoms with Gasteiger partial charge in [-0.1, -0.05) is 17.7 Å². The average molecular weight is 375 g/mol. The molecular formula is C15H11BrClF2NO. The van der Waals surface area contributed by atoms with E-state index in [1.54, 1.807) is 0 Å². The molecule has 6 heteroatoms. The van der Waals surface area contributed by atoms with Gasteiger partial charge < -0.3 is 5.32 Å². The van der Waals surface area contributed by atoms with Gasteiger partial charge in [0.25, 0.3) is 5.91 Å². The molecule has 1 N–H and O–H groups in total. The Labute approximate surface area is 134 Å². The zero-order valence-electron chi connectivity index (χ0n) is 11.2. The molecule has 0 radical (unpaired) electrons. The minimum absolute atomic E-state index is 0.364. The molecule has 2 nitrogen and oxygen atoms in total. The number of benzene rings is 2. The Morgan fingerprint density at radius 1 is 1.14 bits per heavy atom. The summed E-state index contributed by atoms with van der Waals surface area (Å²) in [6.45, 7) is 3.73. The highest BCUT2D eigenvalue weighted by atomic mass is 79.9. The lowest BCUT2D eigenvalue weighted by atomic mass is 10.1. The van der Waals surface area contributed by atoms with Gasteiger partial charge in [-0.25, -0.2) is 8.78 Å². The molecule has 0 aliphatic carbocycles. The molecule has 0 atom stereocenters. The predicted octanol–water partition coefficient (Wildman–Crippen LogP) is 5.25. The monoisotopic (exact) mass is 373 g/mol. The van der Waals surface area contributed by atoms with Crippen LogP contribution in [-0.4, -0.2) is 5.91 Å². The molecule has 0 aliphatic heterocycles. The van der Waals surface area contributed by atoms with Crippen LogP contribution >= 0.6 is 27.5 Å². The van der Waals surface area contributed by atoms with Crippen molar-refractivity contribution in [3.8, 4) is 0 Å². The van der Waals surface area contributed by atoms with Gasteiger partial charge in [0.05, 0.1) is 16.3 Å². The normalized spacial score (nSPS) is 10.6. The topological polar surface area (TPSA) is 29.1 Å². The van der Waals surface area contributed by atoms with E-state index in [0.717, 1.165) is 23.3 Å². The molecule has 0 spiro atoms. The van der Waals surface area contributed by atoms with Crippen LogP contribution in [0, 0.1) is 25.5 Å². The summed E-state index contributed by atoms with van der Waals surface area (Å²) in [6.07, 6.45) is 0. The quantitative estimate of drug-likeness (QED) is 0.715. The van der Waals surface area contributed by atoms with Crippen LogP contribution in [0.2, 0.25) is 5.02 Å². The smallest absolute Gasteiger partial charge is 0.258 e. The maximum absolute atomic E-state index is 13.7. The summed E-state index contributed by atoms with van der Waals surface area (Å²) in [5.41, 5.74) is 1.94. The van der Waals surface area contributed by atoms with Crippen molar-refractivity contribution in [2.24, 2.45) is 0 Å². The predicted molar refractivity (Wildman–Crippen MR) is 82.9 cm³/mol. The fraction of sp³-hybridized carbons (Fsp3) is 0.133. The summed E-state index contributed by atoms with van der Waals surface area (Å²) in [4.78, 5) is 12.1. The molecule has 0 unspecified atom stereocenters. The van der Waals surface area contributed by atoms with Crippen LogP contribution in [0.4, 0.5) is 14.5 Å². The molecule has 110 valence electrons. The second-order valence-corrected chi connectivity index (χ2v) is 5.90. The highest BCUT2D eigenvalue weighted by molar-refractivity contribution is 9.10. The molecule has 1 amide bonds. The van der Waals surface area contributed by atoms with E-state index >= 15 is 0 Å². The van der Waals surface area contributed by atoms with Gasteiger partial charge in [-0.05, 0) is 59.1 Å². The molecule has 2 aromatic carbocycles. The van der Waals surface area contributed by atoms with Gasteiger partial charge in [0.15, 0.2) is 0 Å². The number of nitrogens with one attached hydrogen (secondary N) is 1. The third-order valence-corrected chi connectivity index (χ3v) is 3.84. The largest absolute Gasteiger partial charge is 0.321 e. The summed E-state index contributed by atoms with van der Waals surface area (Å²) >= 11 is 8.80. The molecule has 0 aliphatic rings. The molecule has 0 fully saturated rings. The van der Waals surface area contributed by atoms with Crippen molar-refractivity contribution in [1.82, 2.24) is 0 Å². The van der Waals surface area contributed by atoms with Crippen LogP contribution in [0.5, 0.6) is 0 Å². The lowest BCUT2D eigenvalue weighted by Gasteiger charge is -2.12. The maximum atomic E-state index is 13.7. The third kappa shape index (κ3) is 3.41. The van der Waals surface area contributed by atoms with Crippen LogP contribution < -0.4 is 5.32 Å². The zero-order chi connectivity index (χ0) is 15.7. The number of hydrogen-bond acceptors (Lipinski definition) is 1. The maximum Gasteiger partial charge on any atom is 0.258 e. The Bertz CT molecular complexity index is 711. The minimum atomic E-state index is -0.875. The summed E-state index contributed by atoms with van der Waals surface area (Å²) < 4.78 is 27.8. The fourth-order valence-corrected chi connectivity index (χ4v) is 2.87. The molecule has 21 heavy (non-hydrogen) atoms. The van der Waals surface area contributed by atoms with E-state index < -0.39 is 23.1 Å². The Morgan fingerprint density at radius 2 is 1.81 bits per heavy atom. The highest BCUT2D eigenvalue weighted by Crippen LogP contribution is 2.29. The first kappa shape index (κ1) is 15.9. The van der Waals surface area contributed by atoms with Crippen LogP contribution in [0.15, 0.2) is 28.7 Å². The molecule has 2 rings (SSSR count). The molecule has 0 saturated carbocycles. The van der Waals surface area contributed by atoms with Crippen LogP contribution in [0.25, 0.3) is 0 Å². The molecular weight excluding hydrogens is 364 g/mol. The van der Waals surface area contributed by atoms with E-state index in [2.05, 4.69) is 21.2 Å². The van der Waals surface area contributed by atoms with E-state index in [0.29, 0.717) is 10.2 Å². The Morgan fingerprint density at radius 3 is 2.43 bits per heavy atom. The molecule has 2 aromatic rings. The molecule has 0 saturated heterocycles. The first-order chi connectivity index (χ1) is 9.79. The third-order valence-electron chi connectivity index (χ3n) is 2.92. The lowest BCUT2D eigenvalue weighted by molar-refractivity contribution is 0.102. The van der Waals surface area contributed by atoms with Crippen molar-refractivity contribution in [1.29, 1.82) is 0 Å². The summed E-state index contributed by atoms with van der Waals surface area (Å²) in [5.74, 6) is -2.46. The summed E-state index contributed by atoms with van der Waals surface area (Å²) in [5, 5.41) is 2.21. The number of rotatable bonds is 2. The number of hydrogen-bond donors (Lipinski definition) is 1. The Hall–Kier alpha value is -1.46. The molecule has 0 aromatic heterocycles. The summed E-state index contributed by atoms with van der Waals surface area (Å²) in [7, 11) is 0. The van der Waals surface area contributed by atoms with Crippen molar-refractivity contribution >= 4 is 39.1 Å². The second kappa shape index (κ2) is 6.12. The van der Waals surface area contributed by atoms with Gasteiger partial charge in [-0.3, -0.25) is 4.79 Å². The van der Waals surface area contributed by atoms with Gasteiger partial charge in [-0.2, -0.15) is 0 Å². The standard InChI is InChI=1S/C15H11BrClF2NO/c1-7-3-8(2)14(10(16)4-7)20-15(21)9-5-13(19)11(17)6-12(9)18/h3-6H,1-2H3,(H,20,21). The van der Waals surface area contributed by atoms with Gasteiger partial charge in [-0.15, -0.1) is 0 Å². The average Bonchev–Trinajstić information content (AvgIpc) is 2.37. The number of carbonyl (C=O) groups excluding carboxylic acids is 1. The Kier molecular flexibility index (Phi) is 4.64. The lowest BCUT2D eigenvalue weighted by Crippen LogP contribution is -2.15. The number of aryl methyl sites for hydroxylation is 2. The van der Waals surface area contributed by atoms with Gasteiger partial charge in [0.1, 0.15) is 11.6 Å². The number of anilines is 1. The van der Waals surface area contributed by atoms with Crippen molar-refractivity contribution in [3.05, 3.63) is 62.1 Å². The zero-order valence-corrected chi connectivity index (χ0v) is 13.6. The van der Waals surface area contributed by atoms with E-state index in [9.17, 15) is 13.6 Å². The second-order valence-electron chi connectivity index (χ2n) is 4.64. The molecule has 0 heterocycles. The highest BCUT2D eigenvalue weighted by Gasteiger charge is 2.17. The van der Waals surface area contributed by atoms with E-state index in [4.69, 9.17) is 11.6 Å². The number of halogens is 4.